The fraction of sp³-hybridized carbons (Fsp3) is 0.316. The average Bonchev–Trinajstić information content (AvgIpc) is 3.07. The van der Waals surface area contributed by atoms with Crippen LogP contribution in [-0.2, 0) is 25.9 Å². The molecule has 2 aliphatic rings. The van der Waals surface area contributed by atoms with Crippen LogP contribution in [0.15, 0.2) is 84.9 Å². The minimum absolute atomic E-state index is 0. The summed E-state index contributed by atoms with van der Waals surface area (Å²) in [5, 5.41) is 0. The van der Waals surface area contributed by atoms with E-state index in [0.29, 0.717) is 0 Å². The maximum atomic E-state index is 5.45. The van der Waals surface area contributed by atoms with E-state index in [-0.39, 0.29) is 18.4 Å². The van der Waals surface area contributed by atoms with Crippen LogP contribution in [0.1, 0.15) is 48.7 Å². The van der Waals surface area contributed by atoms with Crippen molar-refractivity contribution in [2.24, 2.45) is 0 Å². The van der Waals surface area contributed by atoms with Crippen molar-refractivity contribution >= 4 is 11.4 Å². The molecule has 0 atom stereocenters. The van der Waals surface area contributed by atoms with Gasteiger partial charge in [0.2, 0.25) is 0 Å². The van der Waals surface area contributed by atoms with Crippen molar-refractivity contribution in [3.63, 3.8) is 0 Å². The van der Waals surface area contributed by atoms with Crippen LogP contribution in [0.2, 0.25) is 0 Å². The molecule has 0 aromatic heterocycles. The summed E-state index contributed by atoms with van der Waals surface area (Å²) in [7, 11) is 6.74. The van der Waals surface area contributed by atoms with Crippen LogP contribution in [0.5, 0.6) is 23.0 Å². The van der Waals surface area contributed by atoms with E-state index in [1.54, 1.807) is 28.4 Å². The summed E-state index contributed by atoms with van der Waals surface area (Å²) in [5.74, 6) is 3.21. The number of nitrogens with zero attached hydrogens (tertiary/aromatic N) is 2. The third kappa shape index (κ3) is 7.77. The number of fused-ring (bicyclic) bond motifs is 2. The van der Waals surface area contributed by atoms with Gasteiger partial charge in [0.15, 0.2) is 47.5 Å². The Hall–Kier alpha value is -4.10. The van der Waals surface area contributed by atoms with Gasteiger partial charge in [0, 0.05) is 48.9 Å². The highest BCUT2D eigenvalue weighted by Gasteiger charge is 2.26. The second kappa shape index (κ2) is 15.8. The summed E-state index contributed by atoms with van der Waals surface area (Å²) in [6, 6.07) is 29.6. The number of benzene rings is 4. The Morgan fingerprint density at radius 1 is 0.533 bits per heavy atom. The van der Waals surface area contributed by atoms with Crippen LogP contribution in [0.4, 0.5) is 0 Å². The lowest BCUT2D eigenvalue weighted by Gasteiger charge is -2.19. The average molecular weight is 674 g/mol. The zero-order chi connectivity index (χ0) is 31.1. The van der Waals surface area contributed by atoms with Crippen LogP contribution in [0, 0.1) is 0 Å². The van der Waals surface area contributed by atoms with Gasteiger partial charge in [-0.15, -0.1) is 0 Å². The van der Waals surface area contributed by atoms with E-state index in [2.05, 4.69) is 108 Å². The van der Waals surface area contributed by atoms with Gasteiger partial charge >= 0.3 is 0 Å². The molecular formula is C38H45BrN2O4. The second-order valence-corrected chi connectivity index (χ2v) is 11.2. The minimum Gasteiger partial charge on any atom is -1.00 e. The smallest absolute Gasteiger partial charge is 0.180 e. The second-order valence-electron chi connectivity index (χ2n) is 11.2. The van der Waals surface area contributed by atoms with E-state index in [9.17, 15) is 0 Å². The molecule has 45 heavy (non-hydrogen) atoms. The Labute approximate surface area is 279 Å². The molecule has 0 radical (unpaired) electrons. The molecule has 0 spiro atoms. The molecule has 4 aromatic rings. The maximum Gasteiger partial charge on any atom is 0.180 e. The van der Waals surface area contributed by atoms with Crippen molar-refractivity contribution in [2.75, 3.05) is 41.5 Å². The summed E-state index contributed by atoms with van der Waals surface area (Å²) < 4.78 is 26.6. The van der Waals surface area contributed by atoms with Crippen molar-refractivity contribution in [3.8, 4) is 23.0 Å². The summed E-state index contributed by atoms with van der Waals surface area (Å²) in [5.41, 5.74) is 10.5. The van der Waals surface area contributed by atoms with Crippen molar-refractivity contribution in [1.82, 2.24) is 0 Å². The molecule has 0 unspecified atom stereocenters. The molecule has 0 aliphatic carbocycles. The number of hydrogen-bond acceptors (Lipinski definition) is 4. The first-order chi connectivity index (χ1) is 21.4. The molecule has 7 heteroatoms. The van der Waals surface area contributed by atoms with Gasteiger partial charge in [0.1, 0.15) is 13.1 Å². The van der Waals surface area contributed by atoms with Crippen LogP contribution >= 0.6 is 0 Å². The van der Waals surface area contributed by atoms with Crippen LogP contribution in [0.3, 0.4) is 0 Å². The number of rotatable bonds is 8. The lowest BCUT2D eigenvalue weighted by molar-refractivity contribution is -0.545. The SMILES string of the molecule is COc1cc2c(cc1OC)C(C)=[N+](Cc1ccccc1)CC2.COc1cc2c(cc1OC)C(C)=[N+](Cc1ccccc1)CC2.[Br-].[H-]. The Bertz CT molecular complexity index is 1550. The molecule has 0 bridgehead atoms. The normalized spacial score (nSPS) is 13.5. The van der Waals surface area contributed by atoms with Gasteiger partial charge in [0.05, 0.1) is 28.4 Å². The first-order valence-electron chi connectivity index (χ1n) is 15.2. The van der Waals surface area contributed by atoms with Crippen LogP contribution in [0.25, 0.3) is 0 Å². The van der Waals surface area contributed by atoms with E-state index in [4.69, 9.17) is 18.9 Å². The van der Waals surface area contributed by atoms with E-state index in [1.807, 2.05) is 0 Å². The lowest BCUT2D eigenvalue weighted by Crippen LogP contribution is -3.00. The quantitative estimate of drug-likeness (QED) is 0.268. The molecule has 0 saturated heterocycles. The molecular weight excluding hydrogens is 628 g/mol. The van der Waals surface area contributed by atoms with Crippen LogP contribution < -0.4 is 35.9 Å². The standard InChI is InChI=1S/2C19H22NO2.BrH.H/c2*1-14-17-12-19(22-3)18(21-2)11-16(17)9-10-20(14)13-15-7-5-4-6-8-15;;/h2*4-8,11-12H,9-10,13H2,1-3H3;1H;/q2*+1;;-1/p-1. The van der Waals surface area contributed by atoms with E-state index >= 15 is 0 Å². The summed E-state index contributed by atoms with van der Waals surface area (Å²) in [4.78, 5) is 0. The zero-order valence-corrected chi connectivity index (χ0v) is 28.8. The first kappa shape index (κ1) is 33.8. The molecule has 4 aromatic carbocycles. The highest BCUT2D eigenvalue weighted by atomic mass is 79.9. The topological polar surface area (TPSA) is 42.9 Å². The third-order valence-electron chi connectivity index (χ3n) is 8.68. The predicted octanol–water partition coefficient (Wildman–Crippen LogP) is 3.68. The number of methoxy groups -OCH3 is 4. The monoisotopic (exact) mass is 672 g/mol. The van der Waals surface area contributed by atoms with Gasteiger partial charge in [-0.1, -0.05) is 60.7 Å². The van der Waals surface area contributed by atoms with Gasteiger partial charge in [-0.3, -0.25) is 0 Å². The van der Waals surface area contributed by atoms with E-state index in [1.165, 1.54) is 44.8 Å². The molecule has 6 nitrogen and oxygen atoms in total. The maximum absolute atomic E-state index is 5.45. The Morgan fingerprint density at radius 2 is 0.867 bits per heavy atom. The Kier molecular flexibility index (Phi) is 11.8. The number of halogens is 1. The van der Waals surface area contributed by atoms with Gasteiger partial charge < -0.3 is 37.4 Å². The summed E-state index contributed by atoms with van der Waals surface area (Å²) in [6.07, 6.45) is 2.06. The highest BCUT2D eigenvalue weighted by molar-refractivity contribution is 5.98. The molecule has 0 N–H and O–H groups in total. The van der Waals surface area contributed by atoms with E-state index in [0.717, 1.165) is 62.0 Å². The predicted molar refractivity (Wildman–Crippen MR) is 178 cm³/mol. The molecule has 6 rings (SSSR count). The van der Waals surface area contributed by atoms with Crippen LogP contribution in [-0.4, -0.2) is 62.1 Å². The highest BCUT2D eigenvalue weighted by Crippen LogP contribution is 2.33. The van der Waals surface area contributed by atoms with Gasteiger partial charge in [-0.2, -0.15) is 0 Å². The lowest BCUT2D eigenvalue weighted by atomic mass is 9.96. The molecule has 0 amide bonds. The Balaban J connectivity index is 0.000000240. The zero-order valence-electron chi connectivity index (χ0n) is 28.2. The minimum atomic E-state index is 0. The van der Waals surface area contributed by atoms with Crippen molar-refractivity contribution in [2.45, 2.75) is 39.8 Å². The van der Waals surface area contributed by atoms with Gasteiger partial charge in [-0.25, -0.2) is 9.15 Å². The van der Waals surface area contributed by atoms with Crippen molar-refractivity contribution in [1.29, 1.82) is 0 Å². The molecule has 0 saturated carbocycles. The molecule has 0 fully saturated rings. The molecule has 2 heterocycles. The molecule has 2 aliphatic heterocycles. The van der Waals surface area contributed by atoms with Gasteiger partial charge in [0.25, 0.3) is 0 Å². The fourth-order valence-electron chi connectivity index (χ4n) is 6.12. The number of hydrogen-bond donors (Lipinski definition) is 0. The van der Waals surface area contributed by atoms with Crippen molar-refractivity contribution in [3.05, 3.63) is 118 Å². The van der Waals surface area contributed by atoms with Crippen molar-refractivity contribution < 1.29 is 46.5 Å². The largest absolute Gasteiger partial charge is 1.00 e. The van der Waals surface area contributed by atoms with E-state index < -0.39 is 0 Å². The summed E-state index contributed by atoms with van der Waals surface area (Å²) >= 11 is 0. The summed E-state index contributed by atoms with van der Waals surface area (Å²) in [6.45, 7) is 8.33. The third-order valence-corrected chi connectivity index (χ3v) is 8.68. The fourth-order valence-corrected chi connectivity index (χ4v) is 6.12. The number of ether oxygens (including phenoxy) is 4. The van der Waals surface area contributed by atoms with Gasteiger partial charge in [-0.05, 0) is 35.4 Å². The molecule has 238 valence electrons. The Morgan fingerprint density at radius 3 is 1.20 bits per heavy atom. The first-order valence-corrected chi connectivity index (χ1v) is 15.2.